The topological polar surface area (TPSA) is 118 Å². The van der Waals surface area contributed by atoms with Crippen molar-refractivity contribution in [1.29, 1.82) is 0 Å². The number of phenols is 3. The molecule has 0 saturated carbocycles. The molecule has 0 unspecified atom stereocenters. The first kappa shape index (κ1) is 40.4. The van der Waals surface area contributed by atoms with Gasteiger partial charge in [-0.3, -0.25) is 0 Å². The number of aromatic hydroxyl groups is 3. The molecule has 6 rings (SSSR count). The van der Waals surface area contributed by atoms with Crippen molar-refractivity contribution < 1.29 is 30.3 Å². The predicted octanol–water partition coefficient (Wildman–Crippen LogP) is 11.4. The van der Waals surface area contributed by atoms with Crippen LogP contribution in [0.15, 0.2) is 164 Å². The van der Waals surface area contributed by atoms with Crippen LogP contribution in [0.2, 0.25) is 0 Å². The quantitative estimate of drug-likeness (QED) is 0.118. The summed E-state index contributed by atoms with van der Waals surface area (Å²) in [6, 6.07) is 53.4. The van der Waals surface area contributed by atoms with E-state index in [9.17, 15) is 15.3 Å². The first-order valence-electron chi connectivity index (χ1n) is 17.0. The van der Waals surface area contributed by atoms with E-state index >= 15 is 0 Å². The Bertz CT molecular complexity index is 1690. The van der Waals surface area contributed by atoms with Crippen molar-refractivity contribution in [3.63, 3.8) is 0 Å². The second-order valence-electron chi connectivity index (χ2n) is 13.9. The molecule has 6 heteroatoms. The SMILES string of the molecule is CC(C)(c1ccccc1)c1ccc(O)cc1.CC(C)(c1ccccc1)c1ccc(O)cc1.CC(C)(c1ccccc1)c1ccc(O)cc1.O=C(O)O. The van der Waals surface area contributed by atoms with Crippen LogP contribution in [-0.2, 0) is 16.2 Å². The van der Waals surface area contributed by atoms with E-state index in [1.54, 1.807) is 36.4 Å². The summed E-state index contributed by atoms with van der Waals surface area (Å²) in [5, 5.41) is 41.8. The molecule has 0 saturated heterocycles. The zero-order chi connectivity index (χ0) is 38.4. The predicted molar refractivity (Wildman–Crippen MR) is 211 cm³/mol. The average molecular weight is 699 g/mol. The van der Waals surface area contributed by atoms with E-state index in [4.69, 9.17) is 15.0 Å². The molecule has 6 nitrogen and oxygen atoms in total. The minimum atomic E-state index is -1.83. The fourth-order valence-corrected chi connectivity index (χ4v) is 5.70. The lowest BCUT2D eigenvalue weighted by Gasteiger charge is -2.26. The van der Waals surface area contributed by atoms with Crippen LogP contribution in [0, 0.1) is 0 Å². The second-order valence-corrected chi connectivity index (χ2v) is 13.9. The zero-order valence-corrected chi connectivity index (χ0v) is 30.7. The zero-order valence-electron chi connectivity index (χ0n) is 30.7. The van der Waals surface area contributed by atoms with Crippen molar-refractivity contribution in [3.05, 3.63) is 197 Å². The van der Waals surface area contributed by atoms with Crippen LogP contribution < -0.4 is 0 Å². The summed E-state index contributed by atoms with van der Waals surface area (Å²) in [5.41, 5.74) is 7.35. The Balaban J connectivity index is 0.000000200. The lowest BCUT2D eigenvalue weighted by molar-refractivity contribution is 0.137. The summed E-state index contributed by atoms with van der Waals surface area (Å²) >= 11 is 0. The number of carbonyl (C=O) groups is 1. The summed E-state index contributed by atoms with van der Waals surface area (Å²) in [6.45, 7) is 13.1. The fraction of sp³-hybridized carbons (Fsp3) is 0.196. The summed E-state index contributed by atoms with van der Waals surface area (Å²) in [7, 11) is 0. The first-order valence-corrected chi connectivity index (χ1v) is 17.0. The maximum absolute atomic E-state index is 9.29. The van der Waals surface area contributed by atoms with E-state index in [2.05, 4.69) is 114 Å². The minimum Gasteiger partial charge on any atom is -0.508 e. The van der Waals surface area contributed by atoms with Crippen LogP contribution in [-0.4, -0.2) is 31.7 Å². The number of phenolic OH excluding ortho intramolecular Hbond substituents is 3. The third kappa shape index (κ3) is 11.5. The molecule has 6 aromatic carbocycles. The normalized spacial score (nSPS) is 11.0. The maximum Gasteiger partial charge on any atom is 0.503 e. The molecular weight excluding hydrogens is 649 g/mol. The van der Waals surface area contributed by atoms with E-state index in [0.29, 0.717) is 17.2 Å². The van der Waals surface area contributed by atoms with E-state index in [-0.39, 0.29) is 16.2 Å². The van der Waals surface area contributed by atoms with Gasteiger partial charge in [-0.25, -0.2) is 4.79 Å². The molecule has 0 amide bonds. The van der Waals surface area contributed by atoms with Gasteiger partial charge < -0.3 is 25.5 Å². The summed E-state index contributed by atoms with van der Waals surface area (Å²) in [5.74, 6) is 0.938. The van der Waals surface area contributed by atoms with E-state index in [1.807, 2.05) is 54.6 Å². The smallest absolute Gasteiger partial charge is 0.503 e. The van der Waals surface area contributed by atoms with Crippen molar-refractivity contribution in [2.75, 3.05) is 0 Å². The van der Waals surface area contributed by atoms with Gasteiger partial charge in [-0.05, 0) is 69.8 Å². The van der Waals surface area contributed by atoms with Gasteiger partial charge in [0.2, 0.25) is 0 Å². The molecule has 0 aliphatic carbocycles. The summed E-state index contributed by atoms with van der Waals surface area (Å²) in [6.07, 6.45) is -1.83. The number of carboxylic acid groups (broad SMARTS) is 2. The third-order valence-corrected chi connectivity index (χ3v) is 9.25. The van der Waals surface area contributed by atoms with Crippen LogP contribution in [0.3, 0.4) is 0 Å². The Kier molecular flexibility index (Phi) is 14.2. The van der Waals surface area contributed by atoms with Crippen molar-refractivity contribution in [1.82, 2.24) is 0 Å². The number of hydrogen-bond acceptors (Lipinski definition) is 4. The lowest BCUT2D eigenvalue weighted by Crippen LogP contribution is -2.18. The molecule has 0 atom stereocenters. The molecule has 0 heterocycles. The van der Waals surface area contributed by atoms with Gasteiger partial charge in [-0.2, -0.15) is 0 Å². The molecule has 0 fully saturated rings. The standard InChI is InChI=1S/3C15H16O.CH2O3/c3*1-15(2,12-6-4-3-5-7-12)13-8-10-14(16)11-9-13;2-1(3)4/h3*3-11,16H,1-2H3;(H2,2,3,4). The van der Waals surface area contributed by atoms with E-state index in [0.717, 1.165) is 0 Å². The maximum atomic E-state index is 9.29. The van der Waals surface area contributed by atoms with Crippen LogP contribution >= 0.6 is 0 Å². The molecule has 0 spiro atoms. The number of benzene rings is 6. The molecule has 0 radical (unpaired) electrons. The Morgan fingerprint density at radius 3 is 0.654 bits per heavy atom. The highest BCUT2D eigenvalue weighted by Crippen LogP contribution is 2.34. The molecule has 0 aliphatic heterocycles. The van der Waals surface area contributed by atoms with Gasteiger partial charge in [-0.1, -0.05) is 169 Å². The Morgan fingerprint density at radius 1 is 0.327 bits per heavy atom. The lowest BCUT2D eigenvalue weighted by atomic mass is 9.78. The average Bonchev–Trinajstić information content (AvgIpc) is 3.14. The van der Waals surface area contributed by atoms with Crippen molar-refractivity contribution in [3.8, 4) is 17.2 Å². The van der Waals surface area contributed by atoms with Gasteiger partial charge in [0.1, 0.15) is 17.2 Å². The highest BCUT2D eigenvalue weighted by atomic mass is 16.6. The van der Waals surface area contributed by atoms with Crippen LogP contribution in [0.5, 0.6) is 17.2 Å². The monoisotopic (exact) mass is 698 g/mol. The molecular formula is C46H50O6. The Morgan fingerprint density at radius 2 is 0.481 bits per heavy atom. The van der Waals surface area contributed by atoms with Crippen LogP contribution in [0.1, 0.15) is 74.9 Å². The highest BCUT2D eigenvalue weighted by molar-refractivity contribution is 5.53. The van der Waals surface area contributed by atoms with Gasteiger partial charge >= 0.3 is 6.16 Å². The van der Waals surface area contributed by atoms with Crippen LogP contribution in [0.25, 0.3) is 0 Å². The van der Waals surface area contributed by atoms with Crippen LogP contribution in [0.4, 0.5) is 4.79 Å². The number of rotatable bonds is 6. The highest BCUT2D eigenvalue weighted by Gasteiger charge is 2.24. The number of hydrogen-bond donors (Lipinski definition) is 5. The first-order chi connectivity index (χ1) is 24.5. The fourth-order valence-electron chi connectivity index (χ4n) is 5.70. The van der Waals surface area contributed by atoms with Gasteiger partial charge in [0, 0.05) is 16.2 Å². The molecule has 52 heavy (non-hydrogen) atoms. The molecule has 0 bridgehead atoms. The van der Waals surface area contributed by atoms with Gasteiger partial charge in [0.05, 0.1) is 0 Å². The minimum absolute atomic E-state index is 0.0328. The summed E-state index contributed by atoms with van der Waals surface area (Å²) in [4.78, 5) is 8.56. The summed E-state index contributed by atoms with van der Waals surface area (Å²) < 4.78 is 0. The molecule has 0 aromatic heterocycles. The third-order valence-electron chi connectivity index (χ3n) is 9.25. The van der Waals surface area contributed by atoms with Crippen molar-refractivity contribution in [2.45, 2.75) is 57.8 Å². The van der Waals surface area contributed by atoms with Gasteiger partial charge in [-0.15, -0.1) is 0 Å². The van der Waals surface area contributed by atoms with Gasteiger partial charge in [0.15, 0.2) is 0 Å². The second kappa shape index (κ2) is 18.3. The van der Waals surface area contributed by atoms with Crippen molar-refractivity contribution >= 4 is 6.16 Å². The largest absolute Gasteiger partial charge is 0.508 e. The Hall–Kier alpha value is -6.01. The van der Waals surface area contributed by atoms with Gasteiger partial charge in [0.25, 0.3) is 0 Å². The van der Waals surface area contributed by atoms with E-state index in [1.165, 1.54) is 33.4 Å². The van der Waals surface area contributed by atoms with Crippen molar-refractivity contribution in [2.24, 2.45) is 0 Å². The van der Waals surface area contributed by atoms with E-state index < -0.39 is 6.16 Å². The molecule has 0 aliphatic rings. The molecule has 270 valence electrons. The molecule has 5 N–H and O–H groups in total. The Labute approximate surface area is 308 Å². The molecule has 6 aromatic rings.